The average Bonchev–Trinajstić information content (AvgIpc) is 2.99. The van der Waals surface area contributed by atoms with Crippen molar-refractivity contribution in [1.29, 1.82) is 0 Å². The van der Waals surface area contributed by atoms with Crippen LogP contribution in [0.25, 0.3) is 0 Å². The predicted octanol–water partition coefficient (Wildman–Crippen LogP) is 3.04. The van der Waals surface area contributed by atoms with E-state index in [2.05, 4.69) is 45.8 Å². The van der Waals surface area contributed by atoms with Crippen LogP contribution in [0.15, 0.2) is 36.8 Å². The largest absolute Gasteiger partial charge is 0.383 e. The standard InChI is InChI=1S/C18H25N3O/c1-20(13-16-12-19-14-21(16)10-11-22-2)18-9-5-7-15-6-3-4-8-17(15)18/h3-4,6,8,12,14,18H,5,7,9-11,13H2,1-2H3. The summed E-state index contributed by atoms with van der Waals surface area (Å²) >= 11 is 0. The van der Waals surface area contributed by atoms with Gasteiger partial charge in [-0.2, -0.15) is 0 Å². The molecule has 1 aliphatic rings. The first-order chi connectivity index (χ1) is 10.8. The van der Waals surface area contributed by atoms with E-state index >= 15 is 0 Å². The van der Waals surface area contributed by atoms with Gasteiger partial charge in [0.15, 0.2) is 0 Å². The summed E-state index contributed by atoms with van der Waals surface area (Å²) in [4.78, 5) is 6.75. The molecule has 1 aromatic heterocycles. The third-order valence-electron chi connectivity index (χ3n) is 4.62. The zero-order valence-corrected chi connectivity index (χ0v) is 13.5. The van der Waals surface area contributed by atoms with E-state index in [1.54, 1.807) is 7.11 Å². The van der Waals surface area contributed by atoms with Crippen LogP contribution >= 0.6 is 0 Å². The number of hydrogen-bond acceptors (Lipinski definition) is 3. The zero-order chi connectivity index (χ0) is 15.4. The zero-order valence-electron chi connectivity index (χ0n) is 13.5. The Bertz CT molecular complexity index is 608. The minimum atomic E-state index is 0.510. The van der Waals surface area contributed by atoms with Crippen LogP contribution in [0.1, 0.15) is 35.7 Å². The van der Waals surface area contributed by atoms with Gasteiger partial charge in [-0.05, 0) is 37.4 Å². The van der Waals surface area contributed by atoms with E-state index in [1.807, 2.05) is 12.5 Å². The van der Waals surface area contributed by atoms with Gasteiger partial charge in [0.1, 0.15) is 0 Å². The fraction of sp³-hybridized carbons (Fsp3) is 0.500. The van der Waals surface area contributed by atoms with Crippen molar-refractivity contribution in [3.05, 3.63) is 53.6 Å². The molecule has 4 nitrogen and oxygen atoms in total. The van der Waals surface area contributed by atoms with Crippen LogP contribution in [0, 0.1) is 0 Å². The molecule has 0 saturated carbocycles. The first-order valence-electron chi connectivity index (χ1n) is 8.05. The quantitative estimate of drug-likeness (QED) is 0.821. The van der Waals surface area contributed by atoms with E-state index in [0.29, 0.717) is 6.04 Å². The molecule has 1 heterocycles. The van der Waals surface area contributed by atoms with Gasteiger partial charge in [-0.1, -0.05) is 24.3 Å². The molecule has 1 atom stereocenters. The van der Waals surface area contributed by atoms with Gasteiger partial charge in [0, 0.05) is 32.4 Å². The highest BCUT2D eigenvalue weighted by molar-refractivity contribution is 5.32. The number of hydrogen-bond donors (Lipinski definition) is 0. The molecule has 118 valence electrons. The second kappa shape index (κ2) is 7.07. The number of ether oxygens (including phenoxy) is 1. The molecule has 0 bridgehead atoms. The molecule has 1 aliphatic carbocycles. The van der Waals surface area contributed by atoms with Crippen LogP contribution in [0.3, 0.4) is 0 Å². The second-order valence-corrected chi connectivity index (χ2v) is 6.09. The monoisotopic (exact) mass is 299 g/mol. The Morgan fingerprint density at radius 3 is 3.09 bits per heavy atom. The second-order valence-electron chi connectivity index (χ2n) is 6.09. The molecular weight excluding hydrogens is 274 g/mol. The number of benzene rings is 1. The van der Waals surface area contributed by atoms with Crippen molar-refractivity contribution in [3.63, 3.8) is 0 Å². The Kier molecular flexibility index (Phi) is 4.90. The Morgan fingerprint density at radius 1 is 1.36 bits per heavy atom. The first kappa shape index (κ1) is 15.3. The lowest BCUT2D eigenvalue weighted by Gasteiger charge is -2.33. The van der Waals surface area contributed by atoms with E-state index in [-0.39, 0.29) is 0 Å². The van der Waals surface area contributed by atoms with Crippen molar-refractivity contribution >= 4 is 0 Å². The van der Waals surface area contributed by atoms with Gasteiger partial charge in [-0.3, -0.25) is 4.90 Å². The third kappa shape index (κ3) is 3.23. The fourth-order valence-corrected chi connectivity index (χ4v) is 3.42. The lowest BCUT2D eigenvalue weighted by Crippen LogP contribution is -2.28. The molecule has 22 heavy (non-hydrogen) atoms. The van der Waals surface area contributed by atoms with E-state index in [0.717, 1.165) is 19.7 Å². The minimum Gasteiger partial charge on any atom is -0.383 e. The Labute approximate surface area is 132 Å². The molecule has 0 fully saturated rings. The van der Waals surface area contributed by atoms with Crippen LogP contribution in [-0.2, 0) is 24.2 Å². The van der Waals surface area contributed by atoms with Crippen LogP contribution in [0.2, 0.25) is 0 Å². The number of nitrogens with zero attached hydrogens (tertiary/aromatic N) is 3. The molecule has 0 radical (unpaired) electrons. The predicted molar refractivity (Wildman–Crippen MR) is 87.7 cm³/mol. The topological polar surface area (TPSA) is 30.3 Å². The lowest BCUT2D eigenvalue weighted by molar-refractivity contribution is 0.180. The van der Waals surface area contributed by atoms with Crippen LogP contribution in [0.5, 0.6) is 0 Å². The highest BCUT2D eigenvalue weighted by Gasteiger charge is 2.23. The summed E-state index contributed by atoms with van der Waals surface area (Å²) in [5.74, 6) is 0. The maximum atomic E-state index is 5.18. The molecule has 0 spiro atoms. The number of aryl methyl sites for hydroxylation is 1. The van der Waals surface area contributed by atoms with Crippen LogP contribution in [-0.4, -0.2) is 35.2 Å². The van der Waals surface area contributed by atoms with Crippen molar-refractivity contribution < 1.29 is 4.74 Å². The normalized spacial score (nSPS) is 17.7. The Hall–Kier alpha value is -1.65. The summed E-state index contributed by atoms with van der Waals surface area (Å²) in [6, 6.07) is 9.39. The molecular formula is C18H25N3O. The summed E-state index contributed by atoms with van der Waals surface area (Å²) in [5, 5.41) is 0. The number of methoxy groups -OCH3 is 1. The fourth-order valence-electron chi connectivity index (χ4n) is 3.42. The van der Waals surface area contributed by atoms with Gasteiger partial charge in [0.05, 0.1) is 18.6 Å². The summed E-state index contributed by atoms with van der Waals surface area (Å²) in [7, 11) is 3.96. The highest BCUT2D eigenvalue weighted by atomic mass is 16.5. The number of fused-ring (bicyclic) bond motifs is 1. The molecule has 4 heteroatoms. The van der Waals surface area contributed by atoms with Crippen molar-refractivity contribution in [1.82, 2.24) is 14.5 Å². The minimum absolute atomic E-state index is 0.510. The summed E-state index contributed by atoms with van der Waals surface area (Å²) < 4.78 is 7.36. The van der Waals surface area contributed by atoms with E-state index in [4.69, 9.17) is 4.74 Å². The smallest absolute Gasteiger partial charge is 0.0949 e. The van der Waals surface area contributed by atoms with Gasteiger partial charge in [0.25, 0.3) is 0 Å². The number of rotatable bonds is 6. The van der Waals surface area contributed by atoms with E-state index in [1.165, 1.54) is 36.1 Å². The van der Waals surface area contributed by atoms with Crippen molar-refractivity contribution in [2.75, 3.05) is 20.8 Å². The molecule has 0 saturated heterocycles. The average molecular weight is 299 g/mol. The van der Waals surface area contributed by atoms with Crippen molar-refractivity contribution in [2.24, 2.45) is 0 Å². The Balaban J connectivity index is 1.73. The summed E-state index contributed by atoms with van der Waals surface area (Å²) in [5.41, 5.74) is 4.26. The van der Waals surface area contributed by atoms with Gasteiger partial charge in [0.2, 0.25) is 0 Å². The Morgan fingerprint density at radius 2 is 2.23 bits per heavy atom. The maximum absolute atomic E-state index is 5.18. The SMILES string of the molecule is COCCn1cncc1CN(C)C1CCCc2ccccc21. The molecule has 0 N–H and O–H groups in total. The van der Waals surface area contributed by atoms with E-state index < -0.39 is 0 Å². The van der Waals surface area contributed by atoms with E-state index in [9.17, 15) is 0 Å². The van der Waals surface area contributed by atoms with Crippen molar-refractivity contribution in [3.8, 4) is 0 Å². The molecule has 1 aromatic carbocycles. The molecule has 3 rings (SSSR count). The molecule has 0 aliphatic heterocycles. The first-order valence-corrected chi connectivity index (χ1v) is 8.05. The van der Waals surface area contributed by atoms with Gasteiger partial charge >= 0.3 is 0 Å². The van der Waals surface area contributed by atoms with Crippen LogP contribution < -0.4 is 0 Å². The third-order valence-corrected chi connectivity index (χ3v) is 4.62. The number of aromatic nitrogens is 2. The molecule has 2 aromatic rings. The van der Waals surface area contributed by atoms with Crippen LogP contribution in [0.4, 0.5) is 0 Å². The van der Waals surface area contributed by atoms with Crippen molar-refractivity contribution in [2.45, 2.75) is 38.4 Å². The van der Waals surface area contributed by atoms with Gasteiger partial charge < -0.3 is 9.30 Å². The van der Waals surface area contributed by atoms with Gasteiger partial charge in [-0.25, -0.2) is 4.98 Å². The lowest BCUT2D eigenvalue weighted by atomic mass is 9.87. The molecule has 1 unspecified atom stereocenters. The summed E-state index contributed by atoms with van der Waals surface area (Å²) in [6.07, 6.45) is 7.60. The molecule has 0 amide bonds. The maximum Gasteiger partial charge on any atom is 0.0949 e. The highest BCUT2D eigenvalue weighted by Crippen LogP contribution is 2.34. The van der Waals surface area contributed by atoms with Gasteiger partial charge in [-0.15, -0.1) is 0 Å². The summed E-state index contributed by atoms with van der Waals surface area (Å²) in [6.45, 7) is 2.50. The number of imidazole rings is 1.